The predicted octanol–water partition coefficient (Wildman–Crippen LogP) is 2.41. The van der Waals surface area contributed by atoms with Gasteiger partial charge in [-0.1, -0.05) is 18.2 Å². The number of nitrogens with zero attached hydrogens (tertiary/aromatic N) is 3. The van der Waals surface area contributed by atoms with E-state index < -0.39 is 33.8 Å². The molecule has 1 aliphatic rings. The van der Waals surface area contributed by atoms with Gasteiger partial charge in [0.15, 0.2) is 5.78 Å². The Balaban J connectivity index is 1.65. The molecule has 4 rings (SSSR count). The smallest absolute Gasteiger partial charge is 0.337 e. The third-order valence-corrected chi connectivity index (χ3v) is 8.05. The lowest BCUT2D eigenvalue weighted by Crippen LogP contribution is -2.48. The molecular weight excluding hydrogens is 552 g/mol. The zero-order valence-corrected chi connectivity index (χ0v) is 21.7. The van der Waals surface area contributed by atoms with E-state index in [1.54, 1.807) is 30.4 Å². The van der Waals surface area contributed by atoms with Crippen LogP contribution in [-0.2, 0) is 31.9 Å². The van der Waals surface area contributed by atoms with E-state index in [2.05, 4.69) is 20.9 Å². The van der Waals surface area contributed by atoms with Crippen molar-refractivity contribution < 1.29 is 27.5 Å². The number of primary amides is 1. The summed E-state index contributed by atoms with van der Waals surface area (Å²) in [4.78, 5) is 41.4. The highest BCUT2D eigenvalue weighted by Crippen LogP contribution is 2.26. The normalized spacial score (nSPS) is 16.2. The Morgan fingerprint density at radius 2 is 1.97 bits per heavy atom. The van der Waals surface area contributed by atoms with Crippen molar-refractivity contribution in [1.29, 1.82) is 0 Å². The van der Waals surface area contributed by atoms with Crippen molar-refractivity contribution in [2.45, 2.75) is 24.8 Å². The number of halogens is 1. The summed E-state index contributed by atoms with van der Waals surface area (Å²) in [6.45, 7) is 0.0407. The van der Waals surface area contributed by atoms with Gasteiger partial charge in [0.2, 0.25) is 10.0 Å². The lowest BCUT2D eigenvalue weighted by atomic mass is 10.0. The number of aromatic nitrogens is 2. The van der Waals surface area contributed by atoms with Crippen LogP contribution in [0, 0.1) is 0 Å². The first-order valence-electron chi connectivity index (χ1n) is 10.9. The number of sulfonamides is 1. The number of ketones is 1. The fourth-order valence-corrected chi connectivity index (χ4v) is 6.19. The number of benzene rings is 1. The summed E-state index contributed by atoms with van der Waals surface area (Å²) >= 11 is 3.28. The molecule has 0 aliphatic carbocycles. The zero-order valence-electron chi connectivity index (χ0n) is 19.3. The van der Waals surface area contributed by atoms with E-state index >= 15 is 0 Å². The zero-order chi connectivity index (χ0) is 26.0. The topological polar surface area (TPSA) is 142 Å². The SMILES string of the molecule is COC(=O)c1ccc2c(c1)c(C(N)=O)cn2CS(=O)(=O)N1CC=CC[C@H]1C(=O)Cc1cccc(Br)n1. The Hall–Kier alpha value is -3.35. The summed E-state index contributed by atoms with van der Waals surface area (Å²) in [5, 5.41) is 0.326. The van der Waals surface area contributed by atoms with Gasteiger partial charge in [-0.3, -0.25) is 9.59 Å². The van der Waals surface area contributed by atoms with Crippen LogP contribution in [0.2, 0.25) is 0 Å². The van der Waals surface area contributed by atoms with Gasteiger partial charge in [-0.05, 0) is 52.7 Å². The minimum atomic E-state index is -4.02. The number of hydrogen-bond acceptors (Lipinski definition) is 7. The molecule has 0 radical (unpaired) electrons. The molecule has 10 nitrogen and oxygen atoms in total. The maximum atomic E-state index is 13.5. The molecule has 0 saturated heterocycles. The second-order valence-electron chi connectivity index (χ2n) is 8.23. The summed E-state index contributed by atoms with van der Waals surface area (Å²) in [5.41, 5.74) is 6.71. The highest BCUT2D eigenvalue weighted by atomic mass is 79.9. The van der Waals surface area contributed by atoms with E-state index in [0.29, 0.717) is 21.2 Å². The molecule has 0 unspecified atom stereocenters. The first-order valence-corrected chi connectivity index (χ1v) is 13.3. The van der Waals surface area contributed by atoms with Crippen molar-refractivity contribution in [1.82, 2.24) is 13.9 Å². The molecule has 0 spiro atoms. The lowest BCUT2D eigenvalue weighted by Gasteiger charge is -2.31. The van der Waals surface area contributed by atoms with Crippen LogP contribution in [0.4, 0.5) is 0 Å². The van der Waals surface area contributed by atoms with Crippen LogP contribution in [-0.4, -0.2) is 59.6 Å². The fraction of sp³-hybridized carbons (Fsp3) is 0.250. The van der Waals surface area contributed by atoms with Crippen molar-refractivity contribution in [2.24, 2.45) is 5.73 Å². The summed E-state index contributed by atoms with van der Waals surface area (Å²) in [7, 11) is -2.78. The number of hydrogen-bond donors (Lipinski definition) is 1. The summed E-state index contributed by atoms with van der Waals surface area (Å²) < 4.78 is 34.9. The third kappa shape index (κ3) is 5.25. The number of pyridine rings is 1. The van der Waals surface area contributed by atoms with E-state index in [-0.39, 0.29) is 36.3 Å². The molecule has 188 valence electrons. The van der Waals surface area contributed by atoms with Gasteiger partial charge in [0.25, 0.3) is 5.91 Å². The minimum absolute atomic E-state index is 0.0153. The van der Waals surface area contributed by atoms with Crippen molar-refractivity contribution in [3.05, 3.63) is 76.2 Å². The molecule has 1 aliphatic heterocycles. The molecule has 0 fully saturated rings. The van der Waals surface area contributed by atoms with Crippen LogP contribution in [0.3, 0.4) is 0 Å². The summed E-state index contributed by atoms with van der Waals surface area (Å²) in [6, 6.07) is 8.76. The molecule has 2 aromatic heterocycles. The van der Waals surface area contributed by atoms with Crippen molar-refractivity contribution >= 4 is 54.5 Å². The first kappa shape index (κ1) is 25.7. The third-order valence-electron chi connectivity index (χ3n) is 5.89. The van der Waals surface area contributed by atoms with E-state index in [0.717, 1.165) is 0 Å². The van der Waals surface area contributed by atoms with E-state index in [4.69, 9.17) is 10.5 Å². The highest BCUT2D eigenvalue weighted by Gasteiger charge is 2.35. The highest BCUT2D eigenvalue weighted by molar-refractivity contribution is 9.10. The van der Waals surface area contributed by atoms with Crippen LogP contribution >= 0.6 is 15.9 Å². The van der Waals surface area contributed by atoms with Crippen LogP contribution in [0.5, 0.6) is 0 Å². The first-order chi connectivity index (χ1) is 17.1. The fourth-order valence-electron chi connectivity index (χ4n) is 4.19. The number of rotatable bonds is 8. The molecule has 1 amide bonds. The number of carbonyl (C=O) groups excluding carboxylic acids is 3. The van der Waals surface area contributed by atoms with Gasteiger partial charge in [-0.2, -0.15) is 4.31 Å². The molecule has 3 aromatic rings. The summed E-state index contributed by atoms with van der Waals surface area (Å²) in [5.74, 6) is -2.17. The number of Topliss-reactive ketones (excluding diaryl/α,β-unsaturated/α-hetero) is 1. The molecule has 36 heavy (non-hydrogen) atoms. The van der Waals surface area contributed by atoms with Gasteiger partial charge in [-0.25, -0.2) is 18.2 Å². The number of esters is 1. The number of methoxy groups -OCH3 is 1. The minimum Gasteiger partial charge on any atom is -0.465 e. The maximum absolute atomic E-state index is 13.5. The molecule has 2 N–H and O–H groups in total. The summed E-state index contributed by atoms with van der Waals surface area (Å²) in [6.07, 6.45) is 5.05. The molecule has 1 atom stereocenters. The molecule has 3 heterocycles. The van der Waals surface area contributed by atoms with Crippen molar-refractivity contribution in [2.75, 3.05) is 13.7 Å². The Morgan fingerprint density at radius 3 is 2.67 bits per heavy atom. The van der Waals surface area contributed by atoms with E-state index in [9.17, 15) is 22.8 Å². The Kier molecular flexibility index (Phi) is 7.38. The predicted molar refractivity (Wildman–Crippen MR) is 136 cm³/mol. The van der Waals surface area contributed by atoms with E-state index in [1.807, 2.05) is 0 Å². The van der Waals surface area contributed by atoms with Gasteiger partial charge in [0.1, 0.15) is 10.5 Å². The van der Waals surface area contributed by atoms with Gasteiger partial charge in [0.05, 0.1) is 30.7 Å². The van der Waals surface area contributed by atoms with Crippen molar-refractivity contribution in [3.63, 3.8) is 0 Å². The second kappa shape index (κ2) is 10.3. The number of amides is 1. The van der Waals surface area contributed by atoms with Crippen LogP contribution in [0.1, 0.15) is 32.8 Å². The Morgan fingerprint density at radius 1 is 1.19 bits per heavy atom. The van der Waals surface area contributed by atoms with E-state index in [1.165, 1.54) is 40.4 Å². The van der Waals surface area contributed by atoms with Crippen LogP contribution in [0.15, 0.2) is 59.4 Å². The van der Waals surface area contributed by atoms with Gasteiger partial charge < -0.3 is 15.0 Å². The van der Waals surface area contributed by atoms with Crippen molar-refractivity contribution in [3.8, 4) is 0 Å². The lowest BCUT2D eigenvalue weighted by molar-refractivity contribution is -0.122. The van der Waals surface area contributed by atoms with Gasteiger partial charge in [0, 0.05) is 29.3 Å². The standard InChI is InChI=1S/C24H23BrN4O6S/c1-35-24(32)15-8-9-19-17(11-15)18(23(26)31)13-28(19)14-36(33,34)29-10-3-2-6-20(29)21(30)12-16-5-4-7-22(25)27-16/h2-5,7-9,11,13,20H,6,10,12,14H2,1H3,(H2,26,31)/t20-/m0/s1. The molecule has 0 bridgehead atoms. The largest absolute Gasteiger partial charge is 0.465 e. The number of fused-ring (bicyclic) bond motifs is 1. The average Bonchev–Trinajstić information content (AvgIpc) is 3.20. The van der Waals surface area contributed by atoms with Gasteiger partial charge in [-0.15, -0.1) is 0 Å². The molecule has 1 aromatic carbocycles. The second-order valence-corrected chi connectivity index (χ2v) is 10.9. The maximum Gasteiger partial charge on any atom is 0.337 e. The number of carbonyl (C=O) groups is 3. The molecule has 12 heteroatoms. The van der Waals surface area contributed by atoms with Crippen LogP contribution in [0.25, 0.3) is 10.9 Å². The average molecular weight is 575 g/mol. The molecular formula is C24H23BrN4O6S. The van der Waals surface area contributed by atoms with Crippen LogP contribution < -0.4 is 5.73 Å². The Bertz CT molecular complexity index is 1500. The quantitative estimate of drug-likeness (QED) is 0.247. The van der Waals surface area contributed by atoms with Gasteiger partial charge >= 0.3 is 5.97 Å². The molecule has 0 saturated carbocycles. The number of nitrogens with two attached hydrogens (primary N) is 1. The monoisotopic (exact) mass is 574 g/mol. The number of ether oxygens (including phenoxy) is 1. The Labute approximate surface area is 215 Å².